The first-order chi connectivity index (χ1) is 15.2. The second-order valence-electron chi connectivity index (χ2n) is 7.10. The number of nitrogens with one attached hydrogen (secondary N) is 1. The van der Waals surface area contributed by atoms with Crippen molar-refractivity contribution in [2.24, 2.45) is 0 Å². The molecule has 6 rings (SSSR count). The van der Waals surface area contributed by atoms with Crippen LogP contribution in [0.1, 0.15) is 23.1 Å². The molecule has 0 saturated heterocycles. The van der Waals surface area contributed by atoms with E-state index in [0.29, 0.717) is 24.2 Å². The minimum atomic E-state index is -0.696. The summed E-state index contributed by atoms with van der Waals surface area (Å²) in [6.45, 7) is 0.521. The number of hydrogen-bond donors (Lipinski definition) is 1. The molecule has 31 heavy (non-hydrogen) atoms. The van der Waals surface area contributed by atoms with E-state index < -0.39 is 12.0 Å². The Morgan fingerprint density at radius 2 is 2.06 bits per heavy atom. The highest BCUT2D eigenvalue weighted by Gasteiger charge is 2.36. The van der Waals surface area contributed by atoms with Crippen molar-refractivity contribution in [3.8, 4) is 11.5 Å². The molecule has 0 unspecified atom stereocenters. The Balaban J connectivity index is 1.46. The molecule has 11 heteroatoms. The fourth-order valence-corrected chi connectivity index (χ4v) is 3.90. The Morgan fingerprint density at radius 1 is 1.13 bits per heavy atom. The zero-order valence-electron chi connectivity index (χ0n) is 15.9. The maximum atomic E-state index is 14.3. The second-order valence-corrected chi connectivity index (χ2v) is 7.10. The lowest BCUT2D eigenvalue weighted by Gasteiger charge is -2.32. The van der Waals surface area contributed by atoms with Crippen LogP contribution >= 0.6 is 0 Å². The molecular weight excluding hydrogens is 406 g/mol. The van der Waals surface area contributed by atoms with Crippen molar-refractivity contribution in [1.82, 2.24) is 34.8 Å². The molecule has 0 fully saturated rings. The Morgan fingerprint density at radius 3 is 2.94 bits per heavy atom. The summed E-state index contributed by atoms with van der Waals surface area (Å²) in [4.78, 5) is 13.1. The minimum Gasteiger partial charge on any atom is -0.403 e. The zero-order valence-corrected chi connectivity index (χ0v) is 15.9. The van der Waals surface area contributed by atoms with E-state index in [1.165, 1.54) is 22.8 Å². The number of nitrogens with zero attached hydrogens (tertiary/aromatic N) is 7. The van der Waals surface area contributed by atoms with E-state index in [0.717, 1.165) is 11.4 Å². The molecule has 9 nitrogen and oxygen atoms in total. The fraction of sp³-hybridized carbons (Fsp3) is 0.150. The summed E-state index contributed by atoms with van der Waals surface area (Å²) in [6, 6.07) is 7.46. The van der Waals surface area contributed by atoms with E-state index in [1.807, 2.05) is 4.90 Å². The van der Waals surface area contributed by atoms with Crippen molar-refractivity contribution in [2.75, 3.05) is 11.4 Å². The average Bonchev–Trinajstić information content (AvgIpc) is 3.52. The molecule has 1 atom stereocenters. The third-order valence-corrected chi connectivity index (χ3v) is 5.32. The third kappa shape index (κ3) is 2.77. The van der Waals surface area contributed by atoms with Gasteiger partial charge in [-0.3, -0.25) is 0 Å². The van der Waals surface area contributed by atoms with Gasteiger partial charge in [-0.05, 0) is 30.3 Å². The van der Waals surface area contributed by atoms with Crippen LogP contribution in [0, 0.1) is 11.8 Å². The number of H-pyrrole nitrogens is 1. The van der Waals surface area contributed by atoms with Crippen molar-refractivity contribution < 1.29 is 13.2 Å². The van der Waals surface area contributed by atoms with Crippen LogP contribution in [0.3, 0.4) is 0 Å². The smallest absolute Gasteiger partial charge is 0.319 e. The van der Waals surface area contributed by atoms with Gasteiger partial charge in [0.25, 0.3) is 5.89 Å². The molecular formula is C20H14F2N8O. The molecule has 0 radical (unpaired) electrons. The van der Waals surface area contributed by atoms with E-state index in [1.54, 1.807) is 30.7 Å². The summed E-state index contributed by atoms with van der Waals surface area (Å²) < 4.78 is 35.6. The van der Waals surface area contributed by atoms with Gasteiger partial charge in [-0.15, -0.1) is 5.10 Å². The number of pyridine rings is 2. The van der Waals surface area contributed by atoms with Crippen LogP contribution in [-0.2, 0) is 6.42 Å². The molecule has 0 bridgehead atoms. The number of halogens is 2. The summed E-state index contributed by atoms with van der Waals surface area (Å²) >= 11 is 0. The van der Waals surface area contributed by atoms with Gasteiger partial charge in [-0.2, -0.15) is 9.49 Å². The molecule has 0 spiro atoms. The SMILES string of the molecule is Fc1ncccc1-c1nnc(N2CCc3[nH]cnc3[C@@H]2c2cc3c(F)cccn3n2)o1. The van der Waals surface area contributed by atoms with Gasteiger partial charge in [-0.25, -0.2) is 18.9 Å². The van der Waals surface area contributed by atoms with Crippen LogP contribution < -0.4 is 4.90 Å². The topological polar surface area (TPSA) is 101 Å². The standard InChI is InChI=1S/C20H14F2N8O/c21-12-4-2-7-30-15(12)9-14(28-30)17-16-13(24-10-25-16)5-8-29(17)20-27-26-19(31-20)11-3-1-6-23-18(11)22/h1-4,6-7,9-10,17H,5,8H2,(H,24,25)/t17-/m0/s1. The first kappa shape index (κ1) is 17.7. The first-order valence-corrected chi connectivity index (χ1v) is 9.56. The summed E-state index contributed by atoms with van der Waals surface area (Å²) in [5.41, 5.74) is 2.73. The predicted molar refractivity (Wildman–Crippen MR) is 104 cm³/mol. The van der Waals surface area contributed by atoms with Gasteiger partial charge in [0.05, 0.1) is 23.3 Å². The molecule has 0 aliphatic carbocycles. The van der Waals surface area contributed by atoms with Crippen LogP contribution in [0.25, 0.3) is 17.0 Å². The van der Waals surface area contributed by atoms with Gasteiger partial charge in [0, 0.05) is 31.1 Å². The van der Waals surface area contributed by atoms with Gasteiger partial charge in [0.15, 0.2) is 0 Å². The Kier molecular flexibility index (Phi) is 3.82. The highest BCUT2D eigenvalue weighted by atomic mass is 19.1. The van der Waals surface area contributed by atoms with Crippen molar-refractivity contribution in [3.63, 3.8) is 0 Å². The van der Waals surface area contributed by atoms with Gasteiger partial charge in [0.1, 0.15) is 17.4 Å². The van der Waals surface area contributed by atoms with Crippen molar-refractivity contribution in [2.45, 2.75) is 12.5 Å². The number of imidazole rings is 1. The molecule has 5 aromatic heterocycles. The Bertz CT molecular complexity index is 1410. The summed E-state index contributed by atoms with van der Waals surface area (Å²) in [5, 5.41) is 12.7. The van der Waals surface area contributed by atoms with Crippen molar-refractivity contribution in [3.05, 3.63) is 77.9 Å². The van der Waals surface area contributed by atoms with Crippen LogP contribution in [-0.4, -0.2) is 41.3 Å². The number of fused-ring (bicyclic) bond motifs is 2. The first-order valence-electron chi connectivity index (χ1n) is 9.56. The van der Waals surface area contributed by atoms with Gasteiger partial charge in [-0.1, -0.05) is 5.10 Å². The van der Waals surface area contributed by atoms with E-state index in [2.05, 4.69) is 30.2 Å². The molecule has 6 heterocycles. The van der Waals surface area contributed by atoms with Crippen LogP contribution in [0.15, 0.2) is 53.5 Å². The van der Waals surface area contributed by atoms with E-state index >= 15 is 0 Å². The molecule has 5 aromatic rings. The Labute approximate surface area is 173 Å². The van der Waals surface area contributed by atoms with Gasteiger partial charge >= 0.3 is 6.01 Å². The molecule has 1 aliphatic heterocycles. The summed E-state index contributed by atoms with van der Waals surface area (Å²) in [7, 11) is 0. The second kappa shape index (κ2) is 6.69. The number of aromatic nitrogens is 7. The monoisotopic (exact) mass is 420 g/mol. The minimum absolute atomic E-state index is 0.0215. The molecule has 0 amide bonds. The molecule has 1 N–H and O–H groups in total. The quantitative estimate of drug-likeness (QED) is 0.448. The lowest BCUT2D eigenvalue weighted by Crippen LogP contribution is -2.36. The Hall–Kier alpha value is -4.15. The normalized spacial score (nSPS) is 16.1. The van der Waals surface area contributed by atoms with Gasteiger partial charge in [0.2, 0.25) is 5.95 Å². The van der Waals surface area contributed by atoms with Gasteiger partial charge < -0.3 is 14.3 Å². The molecule has 1 aliphatic rings. The van der Waals surface area contributed by atoms with Crippen molar-refractivity contribution in [1.29, 1.82) is 0 Å². The number of aromatic amines is 1. The lowest BCUT2D eigenvalue weighted by molar-refractivity contribution is 0.499. The zero-order chi connectivity index (χ0) is 20.9. The fourth-order valence-electron chi connectivity index (χ4n) is 3.90. The van der Waals surface area contributed by atoms with E-state index in [9.17, 15) is 8.78 Å². The third-order valence-electron chi connectivity index (χ3n) is 5.32. The molecule has 0 saturated carbocycles. The maximum Gasteiger partial charge on any atom is 0.319 e. The highest BCUT2D eigenvalue weighted by molar-refractivity contribution is 5.55. The molecule has 154 valence electrons. The summed E-state index contributed by atoms with van der Waals surface area (Å²) in [6.07, 6.45) is 5.29. The number of rotatable bonds is 3. The average molecular weight is 420 g/mol. The lowest BCUT2D eigenvalue weighted by atomic mass is 10.0. The van der Waals surface area contributed by atoms with Crippen LogP contribution in [0.2, 0.25) is 0 Å². The van der Waals surface area contributed by atoms with Crippen LogP contribution in [0.4, 0.5) is 14.8 Å². The van der Waals surface area contributed by atoms with E-state index in [4.69, 9.17) is 4.42 Å². The maximum absolute atomic E-state index is 14.3. The highest BCUT2D eigenvalue weighted by Crippen LogP contribution is 2.37. The largest absolute Gasteiger partial charge is 0.403 e. The molecule has 0 aromatic carbocycles. The number of hydrogen-bond acceptors (Lipinski definition) is 7. The predicted octanol–water partition coefficient (Wildman–Crippen LogP) is 2.93. The summed E-state index contributed by atoms with van der Waals surface area (Å²) in [5.74, 6) is -1.05. The number of anilines is 1. The van der Waals surface area contributed by atoms with Crippen molar-refractivity contribution >= 4 is 11.5 Å². The van der Waals surface area contributed by atoms with E-state index in [-0.39, 0.29) is 23.3 Å². The van der Waals surface area contributed by atoms with Crippen LogP contribution in [0.5, 0.6) is 0 Å².